The van der Waals surface area contributed by atoms with Crippen molar-refractivity contribution in [3.8, 4) is 17.2 Å². The van der Waals surface area contributed by atoms with E-state index in [-0.39, 0.29) is 5.95 Å². The molecule has 110 valence electrons. The summed E-state index contributed by atoms with van der Waals surface area (Å²) in [4.78, 5) is 8.10. The average Bonchev–Trinajstić information content (AvgIpc) is 3.08. The van der Waals surface area contributed by atoms with Crippen LogP contribution in [0, 0.1) is 0 Å². The Kier molecular flexibility index (Phi) is 3.78. The highest BCUT2D eigenvalue weighted by Crippen LogP contribution is 2.30. The highest BCUT2D eigenvalue weighted by Gasteiger charge is 2.10. The molecule has 0 aliphatic rings. The van der Waals surface area contributed by atoms with Gasteiger partial charge in [0.2, 0.25) is 5.95 Å². The van der Waals surface area contributed by atoms with Gasteiger partial charge in [-0.1, -0.05) is 0 Å². The van der Waals surface area contributed by atoms with Gasteiger partial charge in [0.25, 0.3) is 0 Å². The number of anilines is 1. The van der Waals surface area contributed by atoms with Crippen LogP contribution >= 0.6 is 0 Å². The Hall–Kier alpha value is -3.22. The first-order valence-electron chi connectivity index (χ1n) is 6.48. The lowest BCUT2D eigenvalue weighted by molar-refractivity contribution is 0.415. The van der Waals surface area contributed by atoms with Crippen molar-refractivity contribution in [1.29, 1.82) is 0 Å². The van der Waals surface area contributed by atoms with Crippen LogP contribution in [0.25, 0.3) is 11.5 Å². The second-order valence-corrected chi connectivity index (χ2v) is 4.34. The number of methoxy groups -OCH3 is 1. The second kappa shape index (κ2) is 6.04. The maximum Gasteiger partial charge on any atom is 0.220 e. The average molecular weight is 295 g/mol. The number of rotatable bonds is 4. The van der Waals surface area contributed by atoms with E-state index in [0.717, 1.165) is 5.75 Å². The summed E-state index contributed by atoms with van der Waals surface area (Å²) in [6, 6.07) is 10.7. The Bertz CT molecular complexity index is 782. The summed E-state index contributed by atoms with van der Waals surface area (Å²) in [6.07, 6.45) is 3.06. The second-order valence-electron chi connectivity index (χ2n) is 4.34. The number of azo groups is 1. The predicted octanol–water partition coefficient (Wildman–Crippen LogP) is 3.74. The Labute approximate surface area is 126 Å². The number of hydrogen-bond donors (Lipinski definition) is 1. The first-order valence-corrected chi connectivity index (χ1v) is 6.48. The van der Waals surface area contributed by atoms with Crippen LogP contribution in [0.15, 0.2) is 63.5 Å². The molecule has 0 fully saturated rings. The van der Waals surface area contributed by atoms with Gasteiger partial charge in [-0.25, -0.2) is 9.97 Å². The number of nitrogens with two attached hydrogens (primary N) is 1. The van der Waals surface area contributed by atoms with Gasteiger partial charge < -0.3 is 14.9 Å². The van der Waals surface area contributed by atoms with Gasteiger partial charge in [-0.2, -0.15) is 5.11 Å². The van der Waals surface area contributed by atoms with E-state index in [9.17, 15) is 0 Å². The molecule has 0 aliphatic carbocycles. The maximum absolute atomic E-state index is 5.62. The molecule has 22 heavy (non-hydrogen) atoms. The van der Waals surface area contributed by atoms with Crippen molar-refractivity contribution in [2.45, 2.75) is 0 Å². The fourth-order valence-electron chi connectivity index (χ4n) is 1.82. The molecule has 0 spiro atoms. The molecule has 0 bridgehead atoms. The molecule has 2 aromatic heterocycles. The van der Waals surface area contributed by atoms with Crippen LogP contribution in [-0.4, -0.2) is 17.1 Å². The summed E-state index contributed by atoms with van der Waals surface area (Å²) in [6.45, 7) is 0. The molecule has 3 aromatic rings. The molecule has 3 rings (SSSR count). The number of hydrogen-bond acceptors (Lipinski definition) is 7. The lowest BCUT2D eigenvalue weighted by Crippen LogP contribution is -1.95. The standard InChI is InChI=1S/C15H13N5O2/c1-21-11-6-4-10(5-7-11)19-20-12-9-17-15(16)18-14(12)13-3-2-8-22-13/h2-9H,1H3,(H2,16,17,18). The van der Waals surface area contributed by atoms with Crippen LogP contribution in [0.3, 0.4) is 0 Å². The van der Waals surface area contributed by atoms with Crippen molar-refractivity contribution in [2.24, 2.45) is 10.2 Å². The van der Waals surface area contributed by atoms with E-state index in [1.54, 1.807) is 49.8 Å². The Morgan fingerprint density at radius 2 is 1.95 bits per heavy atom. The summed E-state index contributed by atoms with van der Waals surface area (Å²) in [5, 5.41) is 8.33. The highest BCUT2D eigenvalue weighted by molar-refractivity contribution is 5.68. The van der Waals surface area contributed by atoms with Gasteiger partial charge in [-0.05, 0) is 36.4 Å². The van der Waals surface area contributed by atoms with Gasteiger partial charge in [0.1, 0.15) is 17.1 Å². The van der Waals surface area contributed by atoms with Crippen LogP contribution in [0.1, 0.15) is 0 Å². The van der Waals surface area contributed by atoms with Gasteiger partial charge in [-0.15, -0.1) is 5.11 Å². The first-order chi connectivity index (χ1) is 10.8. The molecule has 7 nitrogen and oxygen atoms in total. The molecule has 7 heteroatoms. The van der Waals surface area contributed by atoms with Crippen LogP contribution < -0.4 is 10.5 Å². The predicted molar refractivity (Wildman–Crippen MR) is 81.3 cm³/mol. The number of ether oxygens (including phenoxy) is 1. The number of aromatic nitrogens is 2. The van der Waals surface area contributed by atoms with E-state index in [2.05, 4.69) is 20.2 Å². The molecule has 0 aliphatic heterocycles. The fraction of sp³-hybridized carbons (Fsp3) is 0.0667. The summed E-state index contributed by atoms with van der Waals surface area (Å²) in [5.74, 6) is 1.46. The number of nitrogen functional groups attached to an aromatic ring is 1. The summed E-state index contributed by atoms with van der Waals surface area (Å²) in [5.41, 5.74) is 7.27. The maximum atomic E-state index is 5.62. The third kappa shape index (κ3) is 2.93. The molecule has 2 N–H and O–H groups in total. The third-order valence-corrected chi connectivity index (χ3v) is 2.89. The van der Waals surface area contributed by atoms with Crippen molar-refractivity contribution in [3.05, 3.63) is 48.9 Å². The van der Waals surface area contributed by atoms with Crippen LogP contribution in [0.4, 0.5) is 17.3 Å². The lowest BCUT2D eigenvalue weighted by atomic mass is 10.3. The zero-order valence-electron chi connectivity index (χ0n) is 11.8. The zero-order valence-corrected chi connectivity index (χ0v) is 11.8. The minimum Gasteiger partial charge on any atom is -0.497 e. The van der Waals surface area contributed by atoms with Gasteiger partial charge in [-0.3, -0.25) is 0 Å². The SMILES string of the molecule is COc1ccc(N=Nc2cnc(N)nc2-c2ccco2)cc1. The smallest absolute Gasteiger partial charge is 0.220 e. The van der Waals surface area contributed by atoms with E-state index in [1.165, 1.54) is 6.20 Å². The molecule has 1 aromatic carbocycles. The van der Waals surface area contributed by atoms with Crippen molar-refractivity contribution in [1.82, 2.24) is 9.97 Å². The topological polar surface area (TPSA) is 98.9 Å². The number of nitrogens with zero attached hydrogens (tertiary/aromatic N) is 4. The Morgan fingerprint density at radius 3 is 2.64 bits per heavy atom. The first kappa shape index (κ1) is 13.7. The van der Waals surface area contributed by atoms with Gasteiger partial charge >= 0.3 is 0 Å². The Balaban J connectivity index is 1.93. The van der Waals surface area contributed by atoms with Crippen molar-refractivity contribution in [3.63, 3.8) is 0 Å². The monoisotopic (exact) mass is 295 g/mol. The van der Waals surface area contributed by atoms with E-state index in [0.29, 0.717) is 22.8 Å². The Morgan fingerprint density at radius 1 is 1.14 bits per heavy atom. The molecule has 0 radical (unpaired) electrons. The summed E-state index contributed by atoms with van der Waals surface area (Å²) in [7, 11) is 1.61. The van der Waals surface area contributed by atoms with Crippen LogP contribution in [0.2, 0.25) is 0 Å². The quantitative estimate of drug-likeness (QED) is 0.739. The third-order valence-electron chi connectivity index (χ3n) is 2.89. The van der Waals surface area contributed by atoms with Gasteiger partial charge in [0.05, 0.1) is 25.3 Å². The molecular weight excluding hydrogens is 282 g/mol. The van der Waals surface area contributed by atoms with Crippen molar-refractivity contribution < 1.29 is 9.15 Å². The van der Waals surface area contributed by atoms with E-state index >= 15 is 0 Å². The van der Waals surface area contributed by atoms with Crippen molar-refractivity contribution >= 4 is 17.3 Å². The normalized spacial score (nSPS) is 11.0. The van der Waals surface area contributed by atoms with Gasteiger partial charge in [0.15, 0.2) is 5.76 Å². The fourth-order valence-corrected chi connectivity index (χ4v) is 1.82. The minimum atomic E-state index is 0.148. The van der Waals surface area contributed by atoms with Crippen LogP contribution in [-0.2, 0) is 0 Å². The molecule has 0 unspecified atom stereocenters. The number of benzene rings is 1. The van der Waals surface area contributed by atoms with E-state index in [4.69, 9.17) is 14.9 Å². The molecule has 0 amide bonds. The number of furan rings is 1. The lowest BCUT2D eigenvalue weighted by Gasteiger charge is -2.02. The molecule has 0 saturated carbocycles. The molecule has 2 heterocycles. The summed E-state index contributed by atoms with van der Waals surface area (Å²) >= 11 is 0. The minimum absolute atomic E-state index is 0.148. The largest absolute Gasteiger partial charge is 0.497 e. The molecular formula is C15H13N5O2. The zero-order chi connectivity index (χ0) is 15.4. The van der Waals surface area contributed by atoms with E-state index < -0.39 is 0 Å². The van der Waals surface area contributed by atoms with Crippen molar-refractivity contribution in [2.75, 3.05) is 12.8 Å². The van der Waals surface area contributed by atoms with E-state index in [1.807, 2.05) is 0 Å². The highest BCUT2D eigenvalue weighted by atomic mass is 16.5. The van der Waals surface area contributed by atoms with Gasteiger partial charge in [0, 0.05) is 0 Å². The molecule has 0 saturated heterocycles. The summed E-state index contributed by atoms with van der Waals surface area (Å²) < 4.78 is 10.4. The van der Waals surface area contributed by atoms with Crippen LogP contribution in [0.5, 0.6) is 5.75 Å². The molecule has 0 atom stereocenters.